The Morgan fingerprint density at radius 1 is 0.853 bits per heavy atom. The van der Waals surface area contributed by atoms with Crippen molar-refractivity contribution in [3.8, 4) is 5.75 Å². The number of carbonyl (C=O) groups excluding carboxylic acids is 1. The predicted octanol–water partition coefficient (Wildman–Crippen LogP) is 7.32. The SMILES string of the molecule is CC.CCC(=O)c1cc(Cc2ccc(F)cc2)c2cc(Cc3ccc(F)cc3)cnc2c1OC. The van der Waals surface area contributed by atoms with Crippen LogP contribution >= 0.6 is 0 Å². The van der Waals surface area contributed by atoms with E-state index in [2.05, 4.69) is 4.98 Å². The van der Waals surface area contributed by atoms with Crippen LogP contribution in [0.1, 0.15) is 59.8 Å². The number of aromatic nitrogens is 1. The van der Waals surface area contributed by atoms with Gasteiger partial charge in [0.2, 0.25) is 0 Å². The van der Waals surface area contributed by atoms with Gasteiger partial charge in [0, 0.05) is 18.0 Å². The Hall–Kier alpha value is -3.60. The molecule has 4 aromatic rings. The second kappa shape index (κ2) is 11.5. The van der Waals surface area contributed by atoms with Crippen molar-refractivity contribution >= 4 is 16.7 Å². The molecule has 1 heterocycles. The molecule has 0 radical (unpaired) electrons. The molecule has 0 aliphatic carbocycles. The van der Waals surface area contributed by atoms with E-state index in [-0.39, 0.29) is 17.4 Å². The van der Waals surface area contributed by atoms with Gasteiger partial charge < -0.3 is 4.74 Å². The van der Waals surface area contributed by atoms with Crippen LogP contribution in [-0.4, -0.2) is 17.9 Å². The Balaban J connectivity index is 0.00000158. The normalized spacial score (nSPS) is 10.5. The number of nitrogens with zero attached hydrogens (tertiary/aromatic N) is 1. The van der Waals surface area contributed by atoms with Gasteiger partial charge in [0.1, 0.15) is 17.2 Å². The van der Waals surface area contributed by atoms with E-state index in [0.717, 1.165) is 27.6 Å². The third kappa shape index (κ3) is 5.66. The average Bonchev–Trinajstić information content (AvgIpc) is 2.87. The number of ether oxygens (including phenoxy) is 1. The summed E-state index contributed by atoms with van der Waals surface area (Å²) in [6.07, 6.45) is 3.22. The standard InChI is InChI=1S/C27H23F2NO2.C2H6/c1-3-25(31)24-15-20(13-18-6-10-22(29)11-7-18)23-14-19(16-30-26(23)27(24)32-2)12-17-4-8-21(28)9-5-17;1-2/h4-11,14-16H,3,12-13H2,1-2H3;1-2H3. The second-order valence-corrected chi connectivity index (χ2v) is 7.74. The van der Waals surface area contributed by atoms with Gasteiger partial charge in [-0.15, -0.1) is 0 Å². The third-order valence-corrected chi connectivity index (χ3v) is 5.52. The number of methoxy groups -OCH3 is 1. The lowest BCUT2D eigenvalue weighted by molar-refractivity contribution is 0.0985. The fourth-order valence-electron chi connectivity index (χ4n) is 3.89. The van der Waals surface area contributed by atoms with Gasteiger partial charge in [0.15, 0.2) is 11.5 Å². The molecule has 0 aliphatic rings. The zero-order valence-electron chi connectivity index (χ0n) is 20.0. The molecule has 34 heavy (non-hydrogen) atoms. The molecule has 5 heteroatoms. The first-order chi connectivity index (χ1) is 16.5. The van der Waals surface area contributed by atoms with Crippen LogP contribution in [0.4, 0.5) is 8.78 Å². The van der Waals surface area contributed by atoms with Crippen LogP contribution in [0.3, 0.4) is 0 Å². The highest BCUT2D eigenvalue weighted by atomic mass is 19.1. The van der Waals surface area contributed by atoms with Gasteiger partial charge in [-0.05, 0) is 71.5 Å². The van der Waals surface area contributed by atoms with Crippen molar-refractivity contribution in [3.63, 3.8) is 0 Å². The Labute approximate surface area is 199 Å². The minimum absolute atomic E-state index is 0.0266. The zero-order chi connectivity index (χ0) is 24.7. The van der Waals surface area contributed by atoms with Crippen LogP contribution in [0.5, 0.6) is 5.75 Å². The number of Topliss-reactive ketones (excluding diaryl/α,β-unsaturated/α-hetero) is 1. The first-order valence-electron chi connectivity index (χ1n) is 11.5. The highest BCUT2D eigenvalue weighted by Gasteiger charge is 2.19. The minimum Gasteiger partial charge on any atom is -0.494 e. The number of rotatable bonds is 7. The maximum atomic E-state index is 13.4. The molecule has 4 rings (SSSR count). The van der Waals surface area contributed by atoms with E-state index in [0.29, 0.717) is 36.1 Å². The van der Waals surface area contributed by atoms with E-state index in [4.69, 9.17) is 4.74 Å². The topological polar surface area (TPSA) is 39.2 Å². The lowest BCUT2D eigenvalue weighted by Crippen LogP contribution is -2.05. The van der Waals surface area contributed by atoms with Crippen molar-refractivity contribution < 1.29 is 18.3 Å². The second-order valence-electron chi connectivity index (χ2n) is 7.74. The summed E-state index contributed by atoms with van der Waals surface area (Å²) in [5, 5.41) is 0.874. The van der Waals surface area contributed by atoms with Crippen LogP contribution < -0.4 is 4.74 Å². The number of pyridine rings is 1. The van der Waals surface area contributed by atoms with Crippen molar-refractivity contribution in [2.45, 2.75) is 40.0 Å². The molecule has 0 N–H and O–H groups in total. The van der Waals surface area contributed by atoms with Gasteiger partial charge in [-0.25, -0.2) is 8.78 Å². The molecule has 0 fully saturated rings. The van der Waals surface area contributed by atoms with Crippen molar-refractivity contribution in [2.24, 2.45) is 0 Å². The molecule has 0 atom stereocenters. The predicted molar refractivity (Wildman–Crippen MR) is 133 cm³/mol. The molecular weight excluding hydrogens is 432 g/mol. The summed E-state index contributed by atoms with van der Waals surface area (Å²) in [7, 11) is 1.54. The van der Waals surface area contributed by atoms with Crippen molar-refractivity contribution in [2.75, 3.05) is 7.11 Å². The van der Waals surface area contributed by atoms with Crippen LogP contribution in [0.15, 0.2) is 66.9 Å². The molecule has 3 aromatic carbocycles. The number of hydrogen-bond acceptors (Lipinski definition) is 3. The quantitative estimate of drug-likeness (QED) is 0.271. The Morgan fingerprint density at radius 3 is 1.94 bits per heavy atom. The molecule has 0 amide bonds. The maximum Gasteiger partial charge on any atom is 0.166 e. The molecule has 0 unspecified atom stereocenters. The van der Waals surface area contributed by atoms with Crippen LogP contribution in [0.2, 0.25) is 0 Å². The first-order valence-corrected chi connectivity index (χ1v) is 11.5. The Bertz CT molecular complexity index is 1270. The number of benzene rings is 3. The highest BCUT2D eigenvalue weighted by molar-refractivity contribution is 6.05. The van der Waals surface area contributed by atoms with E-state index in [1.165, 1.54) is 31.4 Å². The van der Waals surface area contributed by atoms with Gasteiger partial charge in [-0.1, -0.05) is 45.0 Å². The molecule has 0 saturated carbocycles. The molecule has 1 aromatic heterocycles. The van der Waals surface area contributed by atoms with Crippen LogP contribution in [0.25, 0.3) is 10.9 Å². The molecule has 0 bridgehead atoms. The summed E-state index contributed by atoms with van der Waals surface area (Å²) in [5.74, 6) is -0.132. The summed E-state index contributed by atoms with van der Waals surface area (Å²) in [6.45, 7) is 5.81. The molecule has 0 aliphatic heterocycles. The van der Waals surface area contributed by atoms with E-state index in [1.807, 2.05) is 32.9 Å². The number of halogens is 2. The summed E-state index contributed by atoms with van der Waals surface area (Å²) in [4.78, 5) is 17.3. The number of ketones is 1. The van der Waals surface area contributed by atoms with Gasteiger partial charge in [0.05, 0.1) is 12.7 Å². The summed E-state index contributed by atoms with van der Waals surface area (Å²) in [6, 6.07) is 16.6. The monoisotopic (exact) mass is 461 g/mol. The molecular formula is C29H29F2NO2. The van der Waals surface area contributed by atoms with Gasteiger partial charge in [-0.3, -0.25) is 9.78 Å². The van der Waals surface area contributed by atoms with Gasteiger partial charge >= 0.3 is 0 Å². The Morgan fingerprint density at radius 2 is 1.41 bits per heavy atom. The highest BCUT2D eigenvalue weighted by Crippen LogP contribution is 2.34. The maximum absolute atomic E-state index is 13.4. The molecule has 3 nitrogen and oxygen atoms in total. The minimum atomic E-state index is -0.293. The fourth-order valence-corrected chi connectivity index (χ4v) is 3.89. The van der Waals surface area contributed by atoms with E-state index < -0.39 is 0 Å². The van der Waals surface area contributed by atoms with Crippen molar-refractivity contribution in [1.29, 1.82) is 0 Å². The smallest absolute Gasteiger partial charge is 0.166 e. The lowest BCUT2D eigenvalue weighted by atomic mass is 9.93. The number of fused-ring (bicyclic) bond motifs is 1. The summed E-state index contributed by atoms with van der Waals surface area (Å²) < 4.78 is 32.2. The molecule has 0 spiro atoms. The zero-order valence-corrected chi connectivity index (χ0v) is 20.0. The fraction of sp³-hybridized carbons (Fsp3) is 0.241. The Kier molecular flexibility index (Phi) is 8.47. The van der Waals surface area contributed by atoms with Crippen molar-refractivity contribution in [1.82, 2.24) is 4.98 Å². The molecule has 176 valence electrons. The van der Waals surface area contributed by atoms with Crippen LogP contribution in [-0.2, 0) is 12.8 Å². The summed E-state index contributed by atoms with van der Waals surface area (Å²) >= 11 is 0. The van der Waals surface area contributed by atoms with Gasteiger partial charge in [0.25, 0.3) is 0 Å². The largest absolute Gasteiger partial charge is 0.494 e. The van der Waals surface area contributed by atoms with E-state index in [1.54, 1.807) is 30.5 Å². The molecule has 0 saturated heterocycles. The average molecular weight is 462 g/mol. The van der Waals surface area contributed by atoms with E-state index >= 15 is 0 Å². The summed E-state index contributed by atoms with van der Waals surface area (Å²) in [5.41, 5.74) is 4.89. The van der Waals surface area contributed by atoms with Crippen LogP contribution in [0, 0.1) is 11.6 Å². The lowest BCUT2D eigenvalue weighted by Gasteiger charge is -2.15. The first kappa shape index (κ1) is 25.0. The number of carbonyl (C=O) groups is 1. The van der Waals surface area contributed by atoms with Gasteiger partial charge in [-0.2, -0.15) is 0 Å². The van der Waals surface area contributed by atoms with Crippen molar-refractivity contribution in [3.05, 3.63) is 106 Å². The number of hydrogen-bond donors (Lipinski definition) is 0. The third-order valence-electron chi connectivity index (χ3n) is 5.52. The van der Waals surface area contributed by atoms with E-state index in [9.17, 15) is 13.6 Å².